The third-order valence-corrected chi connectivity index (χ3v) is 3.31. The Labute approximate surface area is 101 Å². The summed E-state index contributed by atoms with van der Waals surface area (Å²) in [4.78, 5) is 0. The monoisotopic (exact) mass is 224 g/mol. The number of hydrogen-bond donors (Lipinski definition) is 0. The highest BCUT2D eigenvalue weighted by Crippen LogP contribution is 2.30. The van der Waals surface area contributed by atoms with E-state index in [0.717, 1.165) is 18.4 Å². The van der Waals surface area contributed by atoms with Crippen LogP contribution in [0.5, 0.6) is 0 Å². The average Bonchev–Trinajstić information content (AvgIpc) is 2.73. The summed E-state index contributed by atoms with van der Waals surface area (Å²) in [7, 11) is 0. The molecule has 0 fully saturated rings. The van der Waals surface area contributed by atoms with Crippen LogP contribution in [0.15, 0.2) is 41.0 Å². The van der Waals surface area contributed by atoms with E-state index >= 15 is 0 Å². The van der Waals surface area contributed by atoms with Crippen LogP contribution < -0.4 is 0 Å². The third-order valence-electron chi connectivity index (χ3n) is 3.31. The lowest BCUT2D eigenvalue weighted by Gasteiger charge is -2.02. The molecular formula is C16H16O. The molecule has 0 radical (unpaired) electrons. The fourth-order valence-corrected chi connectivity index (χ4v) is 2.51. The summed E-state index contributed by atoms with van der Waals surface area (Å²) in [6.07, 6.45) is 4.14. The number of aryl methyl sites for hydroxylation is 2. The Morgan fingerprint density at radius 2 is 2.00 bits per heavy atom. The minimum absolute atomic E-state index is 1.00. The van der Waals surface area contributed by atoms with Gasteiger partial charge in [0.05, 0.1) is 6.26 Å². The molecule has 0 N–H and O–H groups in total. The Morgan fingerprint density at radius 1 is 1.12 bits per heavy atom. The molecule has 17 heavy (non-hydrogen) atoms. The molecule has 1 aromatic heterocycles. The Bertz CT molecular complexity index is 676. The van der Waals surface area contributed by atoms with Gasteiger partial charge in [-0.15, -0.1) is 0 Å². The molecule has 1 heterocycles. The van der Waals surface area contributed by atoms with Gasteiger partial charge in [0.25, 0.3) is 0 Å². The summed E-state index contributed by atoms with van der Waals surface area (Å²) in [5.41, 5.74) is 3.64. The van der Waals surface area contributed by atoms with Crippen molar-refractivity contribution in [1.82, 2.24) is 0 Å². The van der Waals surface area contributed by atoms with Gasteiger partial charge >= 0.3 is 0 Å². The van der Waals surface area contributed by atoms with Gasteiger partial charge in [0.2, 0.25) is 0 Å². The molecule has 2 aromatic carbocycles. The topological polar surface area (TPSA) is 13.1 Å². The second-order valence-electron chi connectivity index (χ2n) is 4.67. The molecule has 3 aromatic rings. The smallest absolute Gasteiger partial charge is 0.134 e. The van der Waals surface area contributed by atoms with E-state index in [-0.39, 0.29) is 0 Å². The Morgan fingerprint density at radius 3 is 2.82 bits per heavy atom. The van der Waals surface area contributed by atoms with E-state index in [1.54, 1.807) is 0 Å². The van der Waals surface area contributed by atoms with E-state index in [1.165, 1.54) is 27.3 Å². The van der Waals surface area contributed by atoms with Crippen LogP contribution in [-0.4, -0.2) is 0 Å². The van der Waals surface area contributed by atoms with Crippen LogP contribution in [0.25, 0.3) is 21.7 Å². The Kier molecular flexibility index (Phi) is 2.40. The van der Waals surface area contributed by atoms with Crippen molar-refractivity contribution in [3.63, 3.8) is 0 Å². The largest absolute Gasteiger partial charge is 0.464 e. The second-order valence-corrected chi connectivity index (χ2v) is 4.67. The van der Waals surface area contributed by atoms with Gasteiger partial charge in [0, 0.05) is 5.39 Å². The second kappa shape index (κ2) is 3.92. The zero-order valence-electron chi connectivity index (χ0n) is 10.3. The SMILES string of the molecule is CCCc1coc2ccc3cc(C)ccc3c12. The van der Waals surface area contributed by atoms with Crippen molar-refractivity contribution in [3.05, 3.63) is 47.7 Å². The molecule has 0 saturated carbocycles. The minimum atomic E-state index is 1.00. The zero-order chi connectivity index (χ0) is 11.8. The standard InChI is InChI=1S/C16H16O/c1-3-4-13-10-17-15-8-6-12-9-11(2)5-7-14(12)16(13)15/h5-10H,3-4H2,1-2H3. The van der Waals surface area contributed by atoms with Gasteiger partial charge in [0.1, 0.15) is 5.58 Å². The third kappa shape index (κ3) is 1.62. The van der Waals surface area contributed by atoms with Gasteiger partial charge in [-0.2, -0.15) is 0 Å². The molecule has 0 saturated heterocycles. The summed E-state index contributed by atoms with van der Waals surface area (Å²) < 4.78 is 5.64. The first-order chi connectivity index (χ1) is 8.29. The number of hydrogen-bond acceptors (Lipinski definition) is 1. The van der Waals surface area contributed by atoms with Crippen LogP contribution in [-0.2, 0) is 6.42 Å². The summed E-state index contributed by atoms with van der Waals surface area (Å²) in [5.74, 6) is 0. The van der Waals surface area contributed by atoms with E-state index in [1.807, 2.05) is 6.26 Å². The molecule has 0 atom stereocenters. The molecule has 0 aliphatic heterocycles. The zero-order valence-corrected chi connectivity index (χ0v) is 10.3. The molecule has 1 heteroatoms. The molecule has 0 aliphatic carbocycles. The predicted molar refractivity (Wildman–Crippen MR) is 72.5 cm³/mol. The van der Waals surface area contributed by atoms with Crippen molar-refractivity contribution >= 4 is 21.7 Å². The van der Waals surface area contributed by atoms with E-state index in [2.05, 4.69) is 44.2 Å². The summed E-state index contributed by atoms with van der Waals surface area (Å²) in [6.45, 7) is 4.33. The molecular weight excluding hydrogens is 208 g/mol. The van der Waals surface area contributed by atoms with Gasteiger partial charge in [-0.1, -0.05) is 43.2 Å². The number of benzene rings is 2. The van der Waals surface area contributed by atoms with Crippen LogP contribution in [0.3, 0.4) is 0 Å². The van der Waals surface area contributed by atoms with Crippen molar-refractivity contribution in [2.45, 2.75) is 26.7 Å². The number of fused-ring (bicyclic) bond motifs is 3. The first-order valence-corrected chi connectivity index (χ1v) is 6.19. The van der Waals surface area contributed by atoms with Crippen LogP contribution in [0.4, 0.5) is 0 Å². The molecule has 86 valence electrons. The Balaban J connectivity index is 2.40. The first kappa shape index (κ1) is 10.4. The predicted octanol–water partition coefficient (Wildman–Crippen LogP) is 4.85. The molecule has 3 rings (SSSR count). The van der Waals surface area contributed by atoms with Gasteiger partial charge in [-0.25, -0.2) is 0 Å². The van der Waals surface area contributed by atoms with E-state index in [4.69, 9.17) is 4.42 Å². The molecule has 0 amide bonds. The average molecular weight is 224 g/mol. The van der Waals surface area contributed by atoms with Crippen molar-refractivity contribution < 1.29 is 4.42 Å². The lowest BCUT2D eigenvalue weighted by atomic mass is 10.0. The highest BCUT2D eigenvalue weighted by Gasteiger charge is 2.08. The quantitative estimate of drug-likeness (QED) is 0.606. The highest BCUT2D eigenvalue weighted by molar-refractivity contribution is 6.07. The van der Waals surface area contributed by atoms with Crippen LogP contribution in [0.2, 0.25) is 0 Å². The van der Waals surface area contributed by atoms with Gasteiger partial charge in [-0.3, -0.25) is 0 Å². The first-order valence-electron chi connectivity index (χ1n) is 6.19. The molecule has 0 aliphatic rings. The van der Waals surface area contributed by atoms with E-state index in [0.29, 0.717) is 0 Å². The van der Waals surface area contributed by atoms with Gasteiger partial charge in [0.15, 0.2) is 0 Å². The number of furan rings is 1. The van der Waals surface area contributed by atoms with Crippen LogP contribution in [0.1, 0.15) is 24.5 Å². The van der Waals surface area contributed by atoms with Crippen molar-refractivity contribution in [2.75, 3.05) is 0 Å². The summed E-state index contributed by atoms with van der Waals surface area (Å²) >= 11 is 0. The summed E-state index contributed by atoms with van der Waals surface area (Å²) in [5, 5.41) is 3.91. The molecule has 0 unspecified atom stereocenters. The van der Waals surface area contributed by atoms with Gasteiger partial charge < -0.3 is 4.42 Å². The molecule has 1 nitrogen and oxygen atoms in total. The minimum Gasteiger partial charge on any atom is -0.464 e. The fraction of sp³-hybridized carbons (Fsp3) is 0.250. The van der Waals surface area contributed by atoms with Crippen molar-refractivity contribution in [1.29, 1.82) is 0 Å². The maximum Gasteiger partial charge on any atom is 0.134 e. The normalized spacial score (nSPS) is 11.4. The summed E-state index contributed by atoms with van der Waals surface area (Å²) in [6, 6.07) is 10.8. The fourth-order valence-electron chi connectivity index (χ4n) is 2.51. The highest BCUT2D eigenvalue weighted by atomic mass is 16.3. The van der Waals surface area contributed by atoms with Gasteiger partial charge in [-0.05, 0) is 35.7 Å². The Hall–Kier alpha value is -1.76. The number of rotatable bonds is 2. The lowest BCUT2D eigenvalue weighted by Crippen LogP contribution is -1.82. The van der Waals surface area contributed by atoms with Crippen molar-refractivity contribution in [2.24, 2.45) is 0 Å². The van der Waals surface area contributed by atoms with Crippen LogP contribution in [0, 0.1) is 6.92 Å². The van der Waals surface area contributed by atoms with Crippen LogP contribution >= 0.6 is 0 Å². The maximum atomic E-state index is 5.64. The lowest BCUT2D eigenvalue weighted by molar-refractivity contribution is 0.609. The van der Waals surface area contributed by atoms with Crippen molar-refractivity contribution in [3.8, 4) is 0 Å². The molecule has 0 spiro atoms. The molecule has 0 bridgehead atoms. The maximum absolute atomic E-state index is 5.64. The van der Waals surface area contributed by atoms with E-state index < -0.39 is 0 Å². The van der Waals surface area contributed by atoms with E-state index in [9.17, 15) is 0 Å².